The van der Waals surface area contributed by atoms with Crippen molar-refractivity contribution < 1.29 is 0 Å². The van der Waals surface area contributed by atoms with Gasteiger partial charge < -0.3 is 0 Å². The lowest BCUT2D eigenvalue weighted by molar-refractivity contribution is 0.462. The van der Waals surface area contributed by atoms with Gasteiger partial charge in [-0.05, 0) is 79.6 Å². The molecule has 0 fully saturated rings. The molecule has 0 spiro atoms. The molecule has 10 rings (SSSR count). The van der Waals surface area contributed by atoms with Crippen LogP contribution in [0.4, 0.5) is 0 Å². The lowest BCUT2D eigenvalue weighted by Crippen LogP contribution is -2.42. The predicted octanol–water partition coefficient (Wildman–Crippen LogP) is 8.59. The minimum absolute atomic E-state index is 0.196. The normalized spacial score (nSPS) is 16.1. The molecule has 0 radical (unpaired) electrons. The molecule has 7 aromatic carbocycles. The Hall–Kier alpha value is -6.72. The summed E-state index contributed by atoms with van der Waals surface area (Å²) in [6.45, 7) is 2.38. The molecule has 2 aromatic heterocycles. The van der Waals surface area contributed by atoms with Crippen molar-refractivity contribution in [3.05, 3.63) is 258 Å². The first kappa shape index (κ1) is 38.5. The van der Waals surface area contributed by atoms with E-state index < -0.39 is 33.2 Å². The topological polar surface area (TPSA) is 88.0 Å². The summed E-state index contributed by atoms with van der Waals surface area (Å²) in [7, 11) is -2.82. The van der Waals surface area contributed by atoms with Crippen molar-refractivity contribution in [1.29, 1.82) is 0 Å². The van der Waals surface area contributed by atoms with Gasteiger partial charge in [-0.3, -0.25) is 19.2 Å². The maximum atomic E-state index is 15.1. The van der Waals surface area contributed by atoms with Crippen LogP contribution >= 0.6 is 15.8 Å². The second-order valence-electron chi connectivity index (χ2n) is 15.2. The molecule has 0 N–H and O–H groups in total. The van der Waals surface area contributed by atoms with E-state index >= 15 is 4.79 Å². The predicted molar refractivity (Wildman–Crippen MR) is 250 cm³/mol. The number of benzene rings is 7. The quantitative estimate of drug-likeness (QED) is 0.136. The Balaban J connectivity index is 1.26. The summed E-state index contributed by atoms with van der Waals surface area (Å²) in [5, 5.41) is 3.56. The van der Waals surface area contributed by atoms with E-state index in [1.807, 2.05) is 133 Å². The fourth-order valence-corrected chi connectivity index (χ4v) is 15.3. The summed E-state index contributed by atoms with van der Waals surface area (Å²) in [5.74, 6) is -1.60. The van der Waals surface area contributed by atoms with Crippen LogP contribution in [0.5, 0.6) is 0 Å². The van der Waals surface area contributed by atoms with E-state index in [2.05, 4.69) is 18.8 Å². The van der Waals surface area contributed by atoms with Gasteiger partial charge in [-0.2, -0.15) is 0 Å². The molecule has 1 aliphatic rings. The second-order valence-corrected chi connectivity index (χ2v) is 19.7. The highest BCUT2D eigenvalue weighted by atomic mass is 31.1. The van der Waals surface area contributed by atoms with E-state index in [1.165, 1.54) is 0 Å². The van der Waals surface area contributed by atoms with E-state index in [9.17, 15) is 14.4 Å². The Labute approximate surface area is 353 Å². The van der Waals surface area contributed by atoms with E-state index in [0.717, 1.165) is 32.9 Å². The Morgan fingerprint density at radius 3 is 1.41 bits per heavy atom. The summed E-state index contributed by atoms with van der Waals surface area (Å²) >= 11 is 0. The van der Waals surface area contributed by atoms with Gasteiger partial charge in [0.2, 0.25) is 0 Å². The molecular formula is C51H40N4O4P2. The largest absolute Gasteiger partial charge is 0.274 e. The third kappa shape index (κ3) is 6.55. The van der Waals surface area contributed by atoms with E-state index in [0.29, 0.717) is 21.5 Å². The third-order valence-corrected chi connectivity index (χ3v) is 17.3. The number of nitrogens with zero attached hydrogens (tertiary/aromatic N) is 4. The highest BCUT2D eigenvalue weighted by Crippen LogP contribution is 2.65. The second kappa shape index (κ2) is 16.0. The van der Waals surface area contributed by atoms with Crippen molar-refractivity contribution in [3.8, 4) is 0 Å². The molecule has 1 aliphatic heterocycles. The fourth-order valence-electron chi connectivity index (χ4n) is 8.98. The van der Waals surface area contributed by atoms with Gasteiger partial charge in [0.25, 0.3) is 22.2 Å². The Morgan fingerprint density at radius 2 is 0.885 bits per heavy atom. The Kier molecular flexibility index (Phi) is 10.1. The first-order chi connectivity index (χ1) is 29.9. The first-order valence-electron chi connectivity index (χ1n) is 20.2. The average Bonchev–Trinajstić information content (AvgIpc) is 3.69. The molecule has 0 saturated carbocycles. The van der Waals surface area contributed by atoms with E-state index in [-0.39, 0.29) is 28.8 Å². The highest BCUT2D eigenvalue weighted by molar-refractivity contribution is 7.72. The van der Waals surface area contributed by atoms with Crippen LogP contribution in [0.3, 0.4) is 0 Å². The molecule has 10 heteroatoms. The molecule has 0 aliphatic carbocycles. The zero-order valence-corrected chi connectivity index (χ0v) is 35.0. The van der Waals surface area contributed by atoms with Crippen molar-refractivity contribution in [2.75, 3.05) is 6.66 Å². The summed E-state index contributed by atoms with van der Waals surface area (Å²) < 4.78 is 6.77. The van der Waals surface area contributed by atoms with Crippen molar-refractivity contribution in [2.24, 2.45) is 0 Å². The van der Waals surface area contributed by atoms with Crippen molar-refractivity contribution >= 4 is 48.0 Å². The zero-order chi connectivity index (χ0) is 41.6. The molecule has 1 unspecified atom stereocenters. The van der Waals surface area contributed by atoms with Gasteiger partial charge in [-0.1, -0.05) is 170 Å². The maximum Gasteiger partial charge on any atom is 0.274 e. The minimum Gasteiger partial charge on any atom is -0.267 e. The molecule has 298 valence electrons. The lowest BCUT2D eigenvalue weighted by Gasteiger charge is -2.34. The van der Waals surface area contributed by atoms with Crippen LogP contribution in [-0.4, -0.2) is 25.4 Å². The maximum absolute atomic E-state index is 15.1. The summed E-state index contributed by atoms with van der Waals surface area (Å²) in [6, 6.07) is 62.3. The van der Waals surface area contributed by atoms with Gasteiger partial charge in [0.1, 0.15) is 17.3 Å². The van der Waals surface area contributed by atoms with Crippen LogP contribution in [0.25, 0.3) is 21.5 Å². The number of aromatic nitrogens is 4. The number of hydrogen-bond donors (Lipinski definition) is 0. The summed E-state index contributed by atoms with van der Waals surface area (Å²) in [6.07, 6.45) is 0. The molecule has 8 nitrogen and oxygen atoms in total. The third-order valence-electron chi connectivity index (χ3n) is 11.7. The van der Waals surface area contributed by atoms with Gasteiger partial charge in [0, 0.05) is 0 Å². The van der Waals surface area contributed by atoms with Crippen LogP contribution in [0.15, 0.2) is 213 Å². The molecule has 0 amide bonds. The Bertz CT molecular complexity index is 3210. The fraction of sp³-hybridized carbons (Fsp3) is 0.0980. The zero-order valence-electron chi connectivity index (χ0n) is 33.2. The molecule has 0 saturated heterocycles. The van der Waals surface area contributed by atoms with Crippen molar-refractivity contribution in [3.63, 3.8) is 0 Å². The monoisotopic (exact) mass is 834 g/mol. The SMILES string of the molecule is CP(c1ccccc1P1[C@@H](c2ccccc2)n2c(=O)c3ccccc3c(=O)n2[C@@H]1c1ccccc1)[C@H](c1ccccc1)n1c(=O)c2ccccc2c(=O)n1Cc1ccccc1. The standard InChI is InChI=1S/C51H40N4O4P2/c1-60(49(36-22-8-3-9-23-36)53-46(57)40-29-15-14-28-39(40)45(56)52(53)34-35-20-6-2-7-21-35)43-32-18-19-33-44(43)61-50(37-24-10-4-11-25-37)54-47(58)41-30-16-17-31-42(41)48(59)55(54)51(61)38-26-12-5-13-27-38/h2-33,49-51H,34H2,1H3/t49-,50+,51+,60?/m1/s1. The van der Waals surface area contributed by atoms with Gasteiger partial charge in [-0.25, -0.2) is 18.7 Å². The molecule has 4 atom stereocenters. The molecule has 61 heavy (non-hydrogen) atoms. The molecular weight excluding hydrogens is 795 g/mol. The summed E-state index contributed by atoms with van der Waals surface area (Å²) in [5.41, 5.74) is 2.70. The minimum atomic E-state index is -1.46. The van der Waals surface area contributed by atoms with Crippen LogP contribution in [0.2, 0.25) is 0 Å². The summed E-state index contributed by atoms with van der Waals surface area (Å²) in [4.78, 5) is 59.7. The van der Waals surface area contributed by atoms with Crippen molar-refractivity contribution in [1.82, 2.24) is 18.7 Å². The van der Waals surface area contributed by atoms with E-state index in [4.69, 9.17) is 0 Å². The molecule has 9 aromatic rings. The van der Waals surface area contributed by atoms with Crippen LogP contribution in [-0.2, 0) is 6.54 Å². The smallest absolute Gasteiger partial charge is 0.267 e. The Morgan fingerprint density at radius 1 is 0.475 bits per heavy atom. The first-order valence-corrected chi connectivity index (χ1v) is 23.6. The average molecular weight is 835 g/mol. The number of hydrogen-bond acceptors (Lipinski definition) is 4. The number of rotatable bonds is 9. The lowest BCUT2D eigenvalue weighted by atomic mass is 10.1. The van der Waals surface area contributed by atoms with Gasteiger partial charge in [0.05, 0.1) is 28.1 Å². The number of fused-ring (bicyclic) bond motifs is 3. The van der Waals surface area contributed by atoms with Gasteiger partial charge in [-0.15, -0.1) is 0 Å². The highest BCUT2D eigenvalue weighted by Gasteiger charge is 2.46. The molecule has 3 heterocycles. The van der Waals surface area contributed by atoms with E-state index in [1.54, 1.807) is 67.3 Å². The van der Waals surface area contributed by atoms with Crippen LogP contribution < -0.4 is 32.8 Å². The van der Waals surface area contributed by atoms with Crippen LogP contribution in [0, 0.1) is 0 Å². The van der Waals surface area contributed by atoms with Crippen LogP contribution in [0.1, 0.15) is 39.6 Å². The van der Waals surface area contributed by atoms with Gasteiger partial charge >= 0.3 is 0 Å². The van der Waals surface area contributed by atoms with Crippen molar-refractivity contribution in [2.45, 2.75) is 23.9 Å². The molecule has 0 bridgehead atoms. The van der Waals surface area contributed by atoms with Gasteiger partial charge in [0.15, 0.2) is 0 Å².